The molecule has 84 valence electrons. The number of rotatable bonds is 0. The lowest BCUT2D eigenvalue weighted by Crippen LogP contribution is -2.08. The Morgan fingerprint density at radius 2 is 1.81 bits per heavy atom. The van der Waals surface area contributed by atoms with E-state index in [2.05, 4.69) is 4.98 Å². The fraction of sp³-hybridized carbons (Fsp3) is 0.100. The van der Waals surface area contributed by atoms with Crippen molar-refractivity contribution in [3.8, 4) is 5.75 Å². The van der Waals surface area contributed by atoms with Crippen LogP contribution in [0.2, 0.25) is 0 Å². The van der Waals surface area contributed by atoms with Gasteiger partial charge in [0.25, 0.3) is 0 Å². The van der Waals surface area contributed by atoms with Crippen LogP contribution in [0.15, 0.2) is 24.3 Å². The molecule has 0 bridgehead atoms. The van der Waals surface area contributed by atoms with Crippen molar-refractivity contribution in [2.75, 3.05) is 0 Å². The third-order valence-corrected chi connectivity index (χ3v) is 2.03. The van der Waals surface area contributed by atoms with Gasteiger partial charge >= 0.3 is 6.18 Å². The van der Waals surface area contributed by atoms with Crippen LogP contribution >= 0.6 is 0 Å². The quantitative estimate of drug-likeness (QED) is 0.706. The predicted molar refractivity (Wildman–Crippen MR) is 48.4 cm³/mol. The fourth-order valence-corrected chi connectivity index (χ4v) is 1.34. The molecule has 1 aromatic carbocycles. The van der Waals surface area contributed by atoms with E-state index in [1.54, 1.807) is 0 Å². The second-order valence-corrected chi connectivity index (χ2v) is 3.19. The van der Waals surface area contributed by atoms with Gasteiger partial charge in [0, 0.05) is 5.39 Å². The Morgan fingerprint density at radius 3 is 2.44 bits per heavy atom. The number of hydrogen-bond donors (Lipinski definition) is 1. The van der Waals surface area contributed by atoms with Crippen molar-refractivity contribution in [3.63, 3.8) is 0 Å². The van der Waals surface area contributed by atoms with Crippen molar-refractivity contribution < 1.29 is 22.7 Å². The van der Waals surface area contributed by atoms with Gasteiger partial charge in [0.1, 0.15) is 11.6 Å². The van der Waals surface area contributed by atoms with E-state index in [0.29, 0.717) is 0 Å². The zero-order valence-corrected chi connectivity index (χ0v) is 7.72. The molecular weight excluding hydrogens is 226 g/mol. The van der Waals surface area contributed by atoms with Gasteiger partial charge in [-0.25, -0.2) is 9.37 Å². The standard InChI is InChI=1S/C10H5F4NO/c11-6-1-2-7-5(3-6)4-8(16)9(15-7)10(12,13)14/h1-4,16H. The summed E-state index contributed by atoms with van der Waals surface area (Å²) in [6.45, 7) is 0. The summed E-state index contributed by atoms with van der Waals surface area (Å²) >= 11 is 0. The van der Waals surface area contributed by atoms with Crippen LogP contribution in [0.25, 0.3) is 10.9 Å². The first-order valence-electron chi connectivity index (χ1n) is 4.24. The van der Waals surface area contributed by atoms with E-state index in [0.717, 1.165) is 24.3 Å². The van der Waals surface area contributed by atoms with E-state index in [-0.39, 0.29) is 10.9 Å². The van der Waals surface area contributed by atoms with Crippen LogP contribution in [0.5, 0.6) is 5.75 Å². The monoisotopic (exact) mass is 231 g/mol. The van der Waals surface area contributed by atoms with Gasteiger partial charge in [-0.3, -0.25) is 0 Å². The average molecular weight is 231 g/mol. The van der Waals surface area contributed by atoms with Crippen molar-refractivity contribution in [1.82, 2.24) is 4.98 Å². The molecule has 0 amide bonds. The molecule has 0 saturated carbocycles. The number of fused-ring (bicyclic) bond motifs is 1. The molecule has 0 fully saturated rings. The van der Waals surface area contributed by atoms with E-state index in [4.69, 9.17) is 5.11 Å². The van der Waals surface area contributed by atoms with E-state index in [9.17, 15) is 17.6 Å². The normalized spacial score (nSPS) is 12.0. The maximum absolute atomic E-state index is 12.8. The minimum atomic E-state index is -4.73. The molecule has 2 aromatic rings. The van der Waals surface area contributed by atoms with E-state index >= 15 is 0 Å². The maximum Gasteiger partial charge on any atom is 0.437 e. The Morgan fingerprint density at radius 1 is 1.12 bits per heavy atom. The van der Waals surface area contributed by atoms with Gasteiger partial charge in [-0.05, 0) is 24.3 Å². The molecule has 0 aliphatic carbocycles. The van der Waals surface area contributed by atoms with Crippen LogP contribution in [0.4, 0.5) is 17.6 Å². The summed E-state index contributed by atoms with van der Waals surface area (Å²) < 4.78 is 49.8. The smallest absolute Gasteiger partial charge is 0.437 e. The first-order valence-corrected chi connectivity index (χ1v) is 4.24. The van der Waals surface area contributed by atoms with Crippen molar-refractivity contribution >= 4 is 10.9 Å². The van der Waals surface area contributed by atoms with E-state index in [1.807, 2.05) is 0 Å². The molecular formula is C10H5F4NO. The highest BCUT2D eigenvalue weighted by molar-refractivity contribution is 5.80. The van der Waals surface area contributed by atoms with E-state index < -0.39 is 23.4 Å². The third-order valence-electron chi connectivity index (χ3n) is 2.03. The van der Waals surface area contributed by atoms with Gasteiger partial charge in [-0.15, -0.1) is 0 Å². The highest BCUT2D eigenvalue weighted by atomic mass is 19.4. The number of aromatic hydroxyl groups is 1. The molecule has 0 atom stereocenters. The molecule has 2 rings (SSSR count). The molecule has 0 saturated heterocycles. The number of hydrogen-bond acceptors (Lipinski definition) is 2. The van der Waals surface area contributed by atoms with Crippen LogP contribution in [0.3, 0.4) is 0 Å². The van der Waals surface area contributed by atoms with Crippen LogP contribution in [0.1, 0.15) is 5.69 Å². The summed E-state index contributed by atoms with van der Waals surface area (Å²) in [6.07, 6.45) is -4.73. The summed E-state index contributed by atoms with van der Waals surface area (Å²) in [6, 6.07) is 3.97. The fourth-order valence-electron chi connectivity index (χ4n) is 1.34. The molecule has 0 radical (unpaired) electrons. The van der Waals surface area contributed by atoms with Gasteiger partial charge in [0.2, 0.25) is 0 Å². The van der Waals surface area contributed by atoms with Gasteiger partial charge in [0.05, 0.1) is 5.52 Å². The van der Waals surface area contributed by atoms with Crippen molar-refractivity contribution in [3.05, 3.63) is 35.8 Å². The molecule has 16 heavy (non-hydrogen) atoms. The Bertz CT molecular complexity index is 550. The first kappa shape index (κ1) is 10.7. The number of halogens is 4. The number of benzene rings is 1. The zero-order valence-electron chi connectivity index (χ0n) is 7.72. The Kier molecular flexibility index (Phi) is 2.22. The number of nitrogens with zero attached hydrogens (tertiary/aromatic N) is 1. The molecule has 2 nitrogen and oxygen atoms in total. The lowest BCUT2D eigenvalue weighted by atomic mass is 10.2. The minimum Gasteiger partial charge on any atom is -0.506 e. The second-order valence-electron chi connectivity index (χ2n) is 3.19. The van der Waals surface area contributed by atoms with E-state index in [1.165, 1.54) is 0 Å². The van der Waals surface area contributed by atoms with Crippen molar-refractivity contribution in [2.24, 2.45) is 0 Å². The predicted octanol–water partition coefficient (Wildman–Crippen LogP) is 3.10. The molecule has 0 spiro atoms. The Labute approximate surface area is 87.2 Å². The molecule has 6 heteroatoms. The Hall–Kier alpha value is -1.85. The SMILES string of the molecule is Oc1cc2cc(F)ccc2nc1C(F)(F)F. The van der Waals surface area contributed by atoms with Crippen molar-refractivity contribution in [1.29, 1.82) is 0 Å². The molecule has 1 heterocycles. The first-order chi connectivity index (χ1) is 7.38. The van der Waals surface area contributed by atoms with Gasteiger partial charge < -0.3 is 5.11 Å². The summed E-state index contributed by atoms with van der Waals surface area (Å²) in [5.74, 6) is -1.61. The lowest BCUT2D eigenvalue weighted by Gasteiger charge is -2.08. The molecule has 0 unspecified atom stereocenters. The lowest BCUT2D eigenvalue weighted by molar-refractivity contribution is -0.142. The summed E-state index contributed by atoms with van der Waals surface area (Å²) in [7, 11) is 0. The second kappa shape index (κ2) is 3.33. The minimum absolute atomic E-state index is 0.0217. The molecule has 0 aliphatic rings. The number of aromatic nitrogens is 1. The van der Waals surface area contributed by atoms with Crippen LogP contribution in [-0.2, 0) is 6.18 Å². The average Bonchev–Trinajstić information content (AvgIpc) is 2.14. The molecule has 0 aliphatic heterocycles. The van der Waals surface area contributed by atoms with Gasteiger partial charge in [-0.2, -0.15) is 13.2 Å². The zero-order chi connectivity index (χ0) is 11.9. The van der Waals surface area contributed by atoms with Crippen LogP contribution in [0, 0.1) is 5.82 Å². The van der Waals surface area contributed by atoms with Gasteiger partial charge in [0.15, 0.2) is 5.69 Å². The topological polar surface area (TPSA) is 33.1 Å². The van der Waals surface area contributed by atoms with Crippen molar-refractivity contribution in [2.45, 2.75) is 6.18 Å². The molecule has 1 aromatic heterocycles. The summed E-state index contributed by atoms with van der Waals surface area (Å²) in [5.41, 5.74) is -1.39. The highest BCUT2D eigenvalue weighted by Gasteiger charge is 2.36. The number of alkyl halides is 3. The van der Waals surface area contributed by atoms with Crippen LogP contribution in [-0.4, -0.2) is 10.1 Å². The summed E-state index contributed by atoms with van der Waals surface area (Å²) in [5, 5.41) is 9.25. The third kappa shape index (κ3) is 1.78. The highest BCUT2D eigenvalue weighted by Crippen LogP contribution is 2.35. The van der Waals surface area contributed by atoms with Gasteiger partial charge in [-0.1, -0.05) is 0 Å². The maximum atomic E-state index is 12.8. The molecule has 1 N–H and O–H groups in total. The number of pyridine rings is 1. The van der Waals surface area contributed by atoms with Crippen LogP contribution < -0.4 is 0 Å². The summed E-state index contributed by atoms with van der Waals surface area (Å²) in [4.78, 5) is 3.25. The largest absolute Gasteiger partial charge is 0.506 e. The Balaban J connectivity index is 2.72.